The first kappa shape index (κ1) is 13.3. The van der Waals surface area contributed by atoms with E-state index in [0.29, 0.717) is 6.04 Å². The fourth-order valence-corrected chi connectivity index (χ4v) is 3.86. The minimum absolute atomic E-state index is 0.596. The maximum Gasteiger partial charge on any atom is 0.0490 e. The van der Waals surface area contributed by atoms with Gasteiger partial charge in [0.15, 0.2) is 0 Å². The van der Waals surface area contributed by atoms with Crippen LogP contribution in [0.2, 0.25) is 0 Å². The summed E-state index contributed by atoms with van der Waals surface area (Å²) in [5, 5.41) is 3.70. The number of hydrogen-bond acceptors (Lipinski definition) is 3. The summed E-state index contributed by atoms with van der Waals surface area (Å²) in [5.41, 5.74) is 9.10. The van der Waals surface area contributed by atoms with Crippen LogP contribution in [-0.4, -0.2) is 30.1 Å². The summed E-state index contributed by atoms with van der Waals surface area (Å²) in [4.78, 5) is 2.65. The zero-order valence-corrected chi connectivity index (χ0v) is 13.0. The Morgan fingerprint density at radius 1 is 1.32 bits per heavy atom. The maximum absolute atomic E-state index is 5.93. The normalized spacial score (nSPS) is 27.3. The molecule has 0 aromatic heterocycles. The molecule has 0 spiro atoms. The monoisotopic (exact) mass is 323 g/mol. The van der Waals surface area contributed by atoms with Crippen LogP contribution < -0.4 is 11.1 Å². The summed E-state index contributed by atoms with van der Waals surface area (Å²) in [7, 11) is 0. The lowest BCUT2D eigenvalue weighted by molar-refractivity contribution is 0.188. The highest BCUT2D eigenvalue weighted by molar-refractivity contribution is 9.10. The minimum atomic E-state index is 0.596. The highest BCUT2D eigenvalue weighted by Crippen LogP contribution is 2.32. The van der Waals surface area contributed by atoms with Gasteiger partial charge in [0.05, 0.1) is 0 Å². The first-order chi connectivity index (χ1) is 9.13. The van der Waals surface area contributed by atoms with Crippen molar-refractivity contribution in [2.75, 3.05) is 24.1 Å². The lowest BCUT2D eigenvalue weighted by Gasteiger charge is -2.35. The number of nitrogens with one attached hydrogen (secondary N) is 1. The molecule has 3 rings (SSSR count). The second-order valence-corrected chi connectivity index (χ2v) is 6.74. The topological polar surface area (TPSA) is 41.3 Å². The molecule has 0 amide bonds. The highest BCUT2D eigenvalue weighted by Gasteiger charge is 2.31. The number of anilines is 2. The van der Waals surface area contributed by atoms with Crippen LogP contribution in [0.3, 0.4) is 0 Å². The van der Waals surface area contributed by atoms with Crippen molar-refractivity contribution >= 4 is 27.3 Å². The molecule has 0 aliphatic carbocycles. The molecule has 0 saturated carbocycles. The van der Waals surface area contributed by atoms with Gasteiger partial charge in [-0.1, -0.05) is 0 Å². The van der Waals surface area contributed by atoms with Crippen LogP contribution in [0.25, 0.3) is 0 Å². The Balaban J connectivity index is 1.70. The molecule has 3 N–H and O–H groups in total. The Labute approximate surface area is 123 Å². The van der Waals surface area contributed by atoms with Crippen molar-refractivity contribution in [2.24, 2.45) is 0 Å². The van der Waals surface area contributed by atoms with Gasteiger partial charge in [0.1, 0.15) is 0 Å². The third kappa shape index (κ3) is 2.75. The zero-order valence-electron chi connectivity index (χ0n) is 11.5. The highest BCUT2D eigenvalue weighted by atomic mass is 79.9. The largest absolute Gasteiger partial charge is 0.398 e. The zero-order chi connectivity index (χ0) is 13.4. The molecule has 2 saturated heterocycles. The number of piperidine rings is 1. The molecule has 2 aliphatic rings. The van der Waals surface area contributed by atoms with E-state index in [4.69, 9.17) is 5.73 Å². The van der Waals surface area contributed by atoms with E-state index < -0.39 is 0 Å². The first-order valence-electron chi connectivity index (χ1n) is 7.19. The number of aryl methyl sites for hydroxylation is 1. The molecule has 2 unspecified atom stereocenters. The van der Waals surface area contributed by atoms with Gasteiger partial charge >= 0.3 is 0 Å². The fraction of sp³-hybridized carbons (Fsp3) is 0.600. The van der Waals surface area contributed by atoms with Crippen molar-refractivity contribution in [1.82, 2.24) is 4.90 Å². The van der Waals surface area contributed by atoms with E-state index in [1.54, 1.807) is 0 Å². The molecular weight excluding hydrogens is 302 g/mol. The van der Waals surface area contributed by atoms with Gasteiger partial charge in [-0.05, 0) is 72.8 Å². The predicted octanol–water partition coefficient (Wildman–Crippen LogP) is 3.38. The van der Waals surface area contributed by atoms with Crippen molar-refractivity contribution in [3.05, 3.63) is 22.2 Å². The molecule has 0 radical (unpaired) electrons. The molecule has 4 heteroatoms. The summed E-state index contributed by atoms with van der Waals surface area (Å²) < 4.78 is 1.07. The smallest absolute Gasteiger partial charge is 0.0490 e. The minimum Gasteiger partial charge on any atom is -0.398 e. The quantitative estimate of drug-likeness (QED) is 0.820. The van der Waals surface area contributed by atoms with Crippen molar-refractivity contribution in [2.45, 2.75) is 44.7 Å². The van der Waals surface area contributed by atoms with Gasteiger partial charge in [-0.15, -0.1) is 0 Å². The average Bonchev–Trinajstić information content (AvgIpc) is 2.83. The molecule has 2 atom stereocenters. The van der Waals surface area contributed by atoms with E-state index in [2.05, 4.69) is 39.1 Å². The molecule has 2 aliphatic heterocycles. The summed E-state index contributed by atoms with van der Waals surface area (Å²) >= 11 is 3.61. The van der Waals surface area contributed by atoms with Crippen LogP contribution in [-0.2, 0) is 0 Å². The number of nitrogen functional groups attached to an aromatic ring is 1. The van der Waals surface area contributed by atoms with Crippen LogP contribution >= 0.6 is 15.9 Å². The van der Waals surface area contributed by atoms with E-state index in [1.807, 2.05) is 6.07 Å². The molecule has 2 heterocycles. The van der Waals surface area contributed by atoms with Crippen LogP contribution in [0, 0.1) is 6.92 Å². The van der Waals surface area contributed by atoms with E-state index in [1.165, 1.54) is 44.5 Å². The Morgan fingerprint density at radius 2 is 2.16 bits per heavy atom. The molecular formula is C15H22BrN3. The molecule has 2 fully saturated rings. The predicted molar refractivity (Wildman–Crippen MR) is 84.5 cm³/mol. The number of benzene rings is 1. The van der Waals surface area contributed by atoms with Crippen molar-refractivity contribution in [3.63, 3.8) is 0 Å². The van der Waals surface area contributed by atoms with Gasteiger partial charge in [0.25, 0.3) is 0 Å². The van der Waals surface area contributed by atoms with Crippen LogP contribution in [0.5, 0.6) is 0 Å². The molecule has 1 aromatic carbocycles. The molecule has 0 bridgehead atoms. The van der Waals surface area contributed by atoms with Gasteiger partial charge in [0, 0.05) is 34.5 Å². The van der Waals surface area contributed by atoms with Crippen molar-refractivity contribution < 1.29 is 0 Å². The van der Waals surface area contributed by atoms with Crippen LogP contribution in [0.15, 0.2) is 16.6 Å². The van der Waals surface area contributed by atoms with Crippen molar-refractivity contribution in [3.8, 4) is 0 Å². The van der Waals surface area contributed by atoms with E-state index in [-0.39, 0.29) is 0 Å². The average molecular weight is 324 g/mol. The molecule has 19 heavy (non-hydrogen) atoms. The first-order valence-corrected chi connectivity index (χ1v) is 7.99. The number of nitrogens with zero attached hydrogens (tertiary/aromatic N) is 1. The van der Waals surface area contributed by atoms with Gasteiger partial charge in [-0.25, -0.2) is 0 Å². The van der Waals surface area contributed by atoms with E-state index >= 15 is 0 Å². The standard InChI is InChI=1S/C15H22BrN3/c1-10-7-15(13(16)9-14(10)17)18-11-4-6-19-5-2-3-12(19)8-11/h7,9,11-12,18H,2-6,8,17H2,1H3. The summed E-state index contributed by atoms with van der Waals surface area (Å²) in [6.45, 7) is 4.61. The third-order valence-electron chi connectivity index (χ3n) is 4.54. The summed E-state index contributed by atoms with van der Waals surface area (Å²) in [6.07, 6.45) is 5.27. The maximum atomic E-state index is 5.93. The van der Waals surface area contributed by atoms with Crippen molar-refractivity contribution in [1.29, 1.82) is 0 Å². The second kappa shape index (κ2) is 5.33. The number of halogens is 1. The lowest BCUT2D eigenvalue weighted by Crippen LogP contribution is -2.42. The summed E-state index contributed by atoms with van der Waals surface area (Å²) in [5.74, 6) is 0. The Kier molecular flexibility index (Phi) is 3.72. The van der Waals surface area contributed by atoms with E-state index in [0.717, 1.165) is 21.8 Å². The molecule has 104 valence electrons. The number of fused-ring (bicyclic) bond motifs is 1. The number of hydrogen-bond donors (Lipinski definition) is 2. The van der Waals surface area contributed by atoms with Gasteiger partial charge in [-0.3, -0.25) is 0 Å². The lowest BCUT2D eigenvalue weighted by atomic mass is 9.97. The third-order valence-corrected chi connectivity index (χ3v) is 5.19. The van der Waals surface area contributed by atoms with Gasteiger partial charge < -0.3 is 16.0 Å². The van der Waals surface area contributed by atoms with Gasteiger partial charge in [0.2, 0.25) is 0 Å². The number of nitrogens with two attached hydrogens (primary N) is 1. The Hall–Kier alpha value is -0.740. The molecule has 1 aromatic rings. The second-order valence-electron chi connectivity index (χ2n) is 5.89. The van der Waals surface area contributed by atoms with Crippen LogP contribution in [0.1, 0.15) is 31.2 Å². The van der Waals surface area contributed by atoms with E-state index in [9.17, 15) is 0 Å². The Morgan fingerprint density at radius 3 is 3.00 bits per heavy atom. The van der Waals surface area contributed by atoms with Crippen LogP contribution in [0.4, 0.5) is 11.4 Å². The number of rotatable bonds is 2. The molecule has 3 nitrogen and oxygen atoms in total. The summed E-state index contributed by atoms with van der Waals surface area (Å²) in [6, 6.07) is 5.56. The SMILES string of the molecule is Cc1cc(NC2CCN3CCCC3C2)c(Br)cc1N. The van der Waals surface area contributed by atoms with Gasteiger partial charge in [-0.2, -0.15) is 0 Å². The fourth-order valence-electron chi connectivity index (χ4n) is 3.38. The Bertz CT molecular complexity index is 475.